The Morgan fingerprint density at radius 1 is 1.04 bits per heavy atom. The number of hydrogen-bond donors (Lipinski definition) is 2. The lowest BCUT2D eigenvalue weighted by Crippen LogP contribution is -2.54. The van der Waals surface area contributed by atoms with E-state index >= 15 is 0 Å². The molecule has 0 radical (unpaired) electrons. The first kappa shape index (κ1) is 23.9. The molecule has 2 rings (SSSR count). The largest absolute Gasteiger partial charge is 0.379 e. The van der Waals surface area contributed by atoms with Gasteiger partial charge in [0.15, 0.2) is 5.96 Å². The number of rotatable bonds is 6. The summed E-state index contributed by atoms with van der Waals surface area (Å²) in [6.07, 6.45) is 2.38. The zero-order chi connectivity index (χ0) is 18.2. The molecule has 154 valence electrons. The summed E-state index contributed by atoms with van der Waals surface area (Å²) in [5.74, 6) is 1.56. The molecule has 0 bridgehead atoms. The number of ether oxygens (including phenoxy) is 1. The highest BCUT2D eigenvalue weighted by atomic mass is 127. The Hall–Kier alpha value is -0.120. The van der Waals surface area contributed by atoms with Gasteiger partial charge in [0.05, 0.1) is 13.2 Å². The number of likely N-dealkylation sites (tertiary alicyclic amines) is 1. The molecule has 2 N–H and O–H groups in total. The molecule has 2 aliphatic rings. The fraction of sp³-hybridized carbons (Fsp3) is 0.947. The molecule has 1 unspecified atom stereocenters. The molecule has 0 aromatic rings. The van der Waals surface area contributed by atoms with Crippen LogP contribution in [0.4, 0.5) is 0 Å². The van der Waals surface area contributed by atoms with Crippen LogP contribution in [-0.2, 0) is 4.74 Å². The van der Waals surface area contributed by atoms with E-state index in [2.05, 4.69) is 53.1 Å². The molecule has 0 amide bonds. The summed E-state index contributed by atoms with van der Waals surface area (Å²) >= 11 is 0. The molecule has 2 aliphatic heterocycles. The van der Waals surface area contributed by atoms with Crippen LogP contribution in [0.1, 0.15) is 40.5 Å². The van der Waals surface area contributed by atoms with Crippen LogP contribution in [0.2, 0.25) is 0 Å². The highest BCUT2D eigenvalue weighted by molar-refractivity contribution is 14.0. The molecule has 2 fully saturated rings. The monoisotopic (exact) mass is 481 g/mol. The molecule has 2 saturated heterocycles. The molecule has 1 atom stereocenters. The Kier molecular flexibility index (Phi) is 11.4. The van der Waals surface area contributed by atoms with E-state index in [1.54, 1.807) is 0 Å². The Morgan fingerprint density at radius 2 is 1.65 bits per heavy atom. The number of aliphatic imine (C=N–C) groups is 1. The van der Waals surface area contributed by atoms with E-state index in [-0.39, 0.29) is 24.0 Å². The van der Waals surface area contributed by atoms with Crippen molar-refractivity contribution >= 4 is 29.9 Å². The van der Waals surface area contributed by atoms with Crippen LogP contribution in [0.15, 0.2) is 4.99 Å². The molecule has 7 heteroatoms. The van der Waals surface area contributed by atoms with Crippen LogP contribution in [0.3, 0.4) is 0 Å². The molecule has 0 aromatic carbocycles. The van der Waals surface area contributed by atoms with Crippen LogP contribution < -0.4 is 10.6 Å². The fourth-order valence-electron chi connectivity index (χ4n) is 3.84. The van der Waals surface area contributed by atoms with Crippen molar-refractivity contribution in [3.63, 3.8) is 0 Å². The lowest BCUT2D eigenvalue weighted by molar-refractivity contribution is 0.00750. The lowest BCUT2D eigenvalue weighted by atomic mass is 10.0. The molecule has 6 nitrogen and oxygen atoms in total. The number of halogens is 1. The van der Waals surface area contributed by atoms with Gasteiger partial charge in [-0.3, -0.25) is 9.89 Å². The number of nitrogens with zero attached hydrogens (tertiary/aromatic N) is 3. The topological polar surface area (TPSA) is 52.1 Å². The zero-order valence-corrected chi connectivity index (χ0v) is 19.7. The predicted octanol–water partition coefficient (Wildman–Crippen LogP) is 2.00. The molecule has 0 saturated carbocycles. The summed E-state index contributed by atoms with van der Waals surface area (Å²) in [5, 5.41) is 7.20. The first-order valence-electron chi connectivity index (χ1n) is 10.0. The number of guanidine groups is 1. The molecule has 0 aromatic heterocycles. The number of morpholine rings is 1. The van der Waals surface area contributed by atoms with E-state index in [9.17, 15) is 0 Å². The average molecular weight is 481 g/mol. The van der Waals surface area contributed by atoms with Crippen molar-refractivity contribution in [2.24, 2.45) is 10.9 Å². The summed E-state index contributed by atoms with van der Waals surface area (Å²) in [5.41, 5.74) is 0. The van der Waals surface area contributed by atoms with Gasteiger partial charge in [-0.05, 0) is 32.6 Å². The van der Waals surface area contributed by atoms with Crippen LogP contribution >= 0.6 is 24.0 Å². The molecule has 0 spiro atoms. The minimum Gasteiger partial charge on any atom is -0.379 e. The van der Waals surface area contributed by atoms with Gasteiger partial charge in [-0.15, -0.1) is 24.0 Å². The van der Waals surface area contributed by atoms with E-state index in [0.717, 1.165) is 38.8 Å². The third-order valence-electron chi connectivity index (χ3n) is 5.59. The van der Waals surface area contributed by atoms with Crippen molar-refractivity contribution in [2.75, 3.05) is 53.0 Å². The van der Waals surface area contributed by atoms with Crippen molar-refractivity contribution < 1.29 is 4.74 Å². The second kappa shape index (κ2) is 12.4. The maximum absolute atomic E-state index is 5.50. The van der Waals surface area contributed by atoms with Gasteiger partial charge in [0, 0.05) is 57.9 Å². The molecule has 26 heavy (non-hydrogen) atoms. The first-order valence-corrected chi connectivity index (χ1v) is 10.0. The maximum atomic E-state index is 5.50. The van der Waals surface area contributed by atoms with Crippen molar-refractivity contribution in [1.29, 1.82) is 0 Å². The van der Waals surface area contributed by atoms with Crippen LogP contribution in [0.25, 0.3) is 0 Å². The Bertz CT molecular complexity index is 405. The van der Waals surface area contributed by atoms with Crippen molar-refractivity contribution in [3.8, 4) is 0 Å². The summed E-state index contributed by atoms with van der Waals surface area (Å²) in [6.45, 7) is 16.2. The number of hydrogen-bond acceptors (Lipinski definition) is 4. The molecular formula is C19H40IN5O. The van der Waals surface area contributed by atoms with Crippen molar-refractivity contribution in [2.45, 2.75) is 58.7 Å². The summed E-state index contributed by atoms with van der Waals surface area (Å²) < 4.78 is 5.50. The Labute approximate surface area is 177 Å². The van der Waals surface area contributed by atoms with Crippen LogP contribution in [0.5, 0.6) is 0 Å². The molecule has 0 aliphatic carbocycles. The van der Waals surface area contributed by atoms with Gasteiger partial charge in [0.25, 0.3) is 0 Å². The van der Waals surface area contributed by atoms with E-state index in [4.69, 9.17) is 4.74 Å². The number of nitrogens with one attached hydrogen (secondary N) is 2. The third kappa shape index (κ3) is 7.48. The minimum absolute atomic E-state index is 0. The SMILES string of the molecule is CN=C(NCC(C(C)C)N1CCOCC1)NC1CCN(C(C)C)CC1.I. The normalized spacial score (nSPS) is 22.3. The average Bonchev–Trinajstić information content (AvgIpc) is 2.62. The number of piperidine rings is 1. The van der Waals surface area contributed by atoms with Crippen LogP contribution in [-0.4, -0.2) is 86.9 Å². The van der Waals surface area contributed by atoms with E-state index in [1.807, 2.05) is 7.05 Å². The standard InChI is InChI=1S/C19H39N5O.HI/c1-15(2)18(24-10-12-25-13-11-24)14-21-19(20-5)22-17-6-8-23(9-7-17)16(3)4;/h15-18H,6-14H2,1-5H3,(H2,20,21,22);1H. The lowest BCUT2D eigenvalue weighted by Gasteiger charge is -2.38. The highest BCUT2D eigenvalue weighted by Gasteiger charge is 2.25. The van der Waals surface area contributed by atoms with Crippen molar-refractivity contribution in [1.82, 2.24) is 20.4 Å². The predicted molar refractivity (Wildman–Crippen MR) is 121 cm³/mol. The zero-order valence-electron chi connectivity index (χ0n) is 17.3. The van der Waals surface area contributed by atoms with Gasteiger partial charge in [-0.2, -0.15) is 0 Å². The van der Waals surface area contributed by atoms with E-state index in [1.165, 1.54) is 25.9 Å². The molecular weight excluding hydrogens is 441 g/mol. The molecule has 2 heterocycles. The highest BCUT2D eigenvalue weighted by Crippen LogP contribution is 2.14. The third-order valence-corrected chi connectivity index (χ3v) is 5.59. The smallest absolute Gasteiger partial charge is 0.191 e. The summed E-state index contributed by atoms with van der Waals surface area (Å²) in [4.78, 5) is 9.56. The van der Waals surface area contributed by atoms with Gasteiger partial charge in [0.2, 0.25) is 0 Å². The van der Waals surface area contributed by atoms with Gasteiger partial charge < -0.3 is 20.3 Å². The summed E-state index contributed by atoms with van der Waals surface area (Å²) in [7, 11) is 1.87. The fourth-order valence-corrected chi connectivity index (χ4v) is 3.84. The van der Waals surface area contributed by atoms with Crippen LogP contribution in [0, 0.1) is 5.92 Å². The van der Waals surface area contributed by atoms with Gasteiger partial charge in [-0.25, -0.2) is 0 Å². The Balaban J connectivity index is 0.00000338. The second-order valence-corrected chi connectivity index (χ2v) is 7.96. The minimum atomic E-state index is 0. The van der Waals surface area contributed by atoms with Gasteiger partial charge >= 0.3 is 0 Å². The quantitative estimate of drug-likeness (QED) is 0.346. The van der Waals surface area contributed by atoms with E-state index < -0.39 is 0 Å². The Morgan fingerprint density at radius 3 is 2.15 bits per heavy atom. The second-order valence-electron chi connectivity index (χ2n) is 7.96. The maximum Gasteiger partial charge on any atom is 0.191 e. The van der Waals surface area contributed by atoms with Gasteiger partial charge in [-0.1, -0.05) is 13.8 Å². The van der Waals surface area contributed by atoms with Gasteiger partial charge in [0.1, 0.15) is 0 Å². The summed E-state index contributed by atoms with van der Waals surface area (Å²) in [6, 6.07) is 1.70. The first-order chi connectivity index (χ1) is 12.0. The van der Waals surface area contributed by atoms with E-state index in [0.29, 0.717) is 24.0 Å². The van der Waals surface area contributed by atoms with Crippen molar-refractivity contribution in [3.05, 3.63) is 0 Å².